The Balaban J connectivity index is 0.00000155. The number of halogens is 5. The smallest absolute Gasteiger partial charge is 0.453 e. The highest BCUT2D eigenvalue weighted by molar-refractivity contribution is 7.91. The molecule has 3 aromatic rings. The molecule has 3 rings (SSSR count). The van der Waals surface area contributed by atoms with Crippen molar-refractivity contribution in [3.63, 3.8) is 0 Å². The lowest BCUT2D eigenvalue weighted by Crippen LogP contribution is -2.36. The molecule has 0 aromatic heterocycles. The SMILES string of the molecule is CC/C(=C(\c1ccc(O)cc1)c1ccc(OCCNCCCCCCCCC[S+]([O-])CCCC(F)(F)C(F)(F)F)cc1)c1ccccc1.CCOC(N)=O. The zero-order valence-corrected chi connectivity index (χ0v) is 32.1. The monoisotopic (exact) mass is 782 g/mol. The maximum absolute atomic E-state index is 12.9. The summed E-state index contributed by atoms with van der Waals surface area (Å²) >= 11 is -1.36. The molecule has 0 aliphatic heterocycles. The summed E-state index contributed by atoms with van der Waals surface area (Å²) in [7, 11) is 0. The summed E-state index contributed by atoms with van der Waals surface area (Å²) in [5.74, 6) is -3.45. The highest BCUT2D eigenvalue weighted by Gasteiger charge is 2.56. The first kappa shape index (κ1) is 46.3. The van der Waals surface area contributed by atoms with Crippen molar-refractivity contribution in [3.05, 3.63) is 95.6 Å². The van der Waals surface area contributed by atoms with Crippen molar-refractivity contribution >= 4 is 28.4 Å². The topological polar surface area (TPSA) is 117 Å². The quantitative estimate of drug-likeness (QED) is 0.0382. The molecule has 300 valence electrons. The summed E-state index contributed by atoms with van der Waals surface area (Å²) in [6, 6.07) is 25.8. The normalized spacial score (nSPS) is 12.7. The third-order valence-corrected chi connectivity index (χ3v) is 9.90. The van der Waals surface area contributed by atoms with Crippen molar-refractivity contribution in [3.8, 4) is 11.5 Å². The molecule has 13 heteroatoms. The van der Waals surface area contributed by atoms with Crippen LogP contribution in [0.3, 0.4) is 0 Å². The van der Waals surface area contributed by atoms with E-state index in [1.54, 1.807) is 19.1 Å². The van der Waals surface area contributed by atoms with Gasteiger partial charge in [-0.25, -0.2) is 4.79 Å². The van der Waals surface area contributed by atoms with Gasteiger partial charge in [0.15, 0.2) is 0 Å². The van der Waals surface area contributed by atoms with Gasteiger partial charge in [0.2, 0.25) is 0 Å². The number of benzene rings is 3. The number of ether oxygens (including phenoxy) is 2. The number of hydrogen-bond donors (Lipinski definition) is 3. The molecule has 0 saturated carbocycles. The van der Waals surface area contributed by atoms with Crippen LogP contribution in [0.4, 0.5) is 26.7 Å². The third kappa shape index (κ3) is 18.0. The Hall–Kier alpha value is -3.81. The number of hydrogen-bond acceptors (Lipinski definition) is 6. The average molecular weight is 783 g/mol. The van der Waals surface area contributed by atoms with E-state index in [2.05, 4.69) is 47.0 Å². The van der Waals surface area contributed by atoms with E-state index in [1.807, 2.05) is 42.5 Å². The third-order valence-electron chi connectivity index (χ3n) is 8.41. The molecule has 1 amide bonds. The number of unbranched alkanes of at least 4 members (excludes halogenated alkanes) is 6. The van der Waals surface area contributed by atoms with Gasteiger partial charge in [-0.15, -0.1) is 0 Å². The molecule has 0 radical (unpaired) electrons. The van der Waals surface area contributed by atoms with Gasteiger partial charge in [0.05, 0.1) is 6.61 Å². The molecular formula is C41H55F5N2O5S. The van der Waals surface area contributed by atoms with Crippen LogP contribution in [-0.2, 0) is 15.9 Å². The molecule has 1 unspecified atom stereocenters. The Morgan fingerprint density at radius 3 is 1.85 bits per heavy atom. The second-order valence-corrected chi connectivity index (χ2v) is 14.3. The van der Waals surface area contributed by atoms with E-state index in [0.29, 0.717) is 25.4 Å². The summed E-state index contributed by atoms with van der Waals surface area (Å²) in [6.07, 6.45) is -0.274. The van der Waals surface area contributed by atoms with Gasteiger partial charge in [-0.1, -0.05) is 98.4 Å². The number of carbonyl (C=O) groups excluding carboxylic acids is 1. The lowest BCUT2D eigenvalue weighted by atomic mass is 9.88. The van der Waals surface area contributed by atoms with Crippen LogP contribution >= 0.6 is 0 Å². The van der Waals surface area contributed by atoms with Crippen molar-refractivity contribution in [1.82, 2.24) is 5.32 Å². The number of aromatic hydroxyl groups is 1. The molecule has 0 aliphatic rings. The van der Waals surface area contributed by atoms with Crippen molar-refractivity contribution < 1.29 is 45.9 Å². The molecule has 54 heavy (non-hydrogen) atoms. The number of alkyl halides is 5. The van der Waals surface area contributed by atoms with Crippen LogP contribution in [0.15, 0.2) is 78.9 Å². The summed E-state index contributed by atoms with van der Waals surface area (Å²) < 4.78 is 84.4. The minimum Gasteiger partial charge on any atom is -0.616 e. The Labute approximate surface area is 319 Å². The fourth-order valence-electron chi connectivity index (χ4n) is 5.63. The molecule has 0 saturated heterocycles. The zero-order chi connectivity index (χ0) is 39.8. The number of allylic oxidation sites excluding steroid dienone is 1. The number of primary amides is 1. The Morgan fingerprint density at radius 1 is 0.759 bits per heavy atom. The molecule has 3 aromatic carbocycles. The molecule has 0 bridgehead atoms. The van der Waals surface area contributed by atoms with Crippen LogP contribution in [-0.4, -0.2) is 65.7 Å². The van der Waals surface area contributed by atoms with Gasteiger partial charge in [-0.05, 0) is 97.7 Å². The standard InChI is InChI=1S/C38H48F5NO3S.C3H7NO2/c1-2-35(30-14-9-8-10-15-30)36(31-16-20-33(45)21-17-31)32-18-22-34(23-19-32)47-27-26-44-25-11-6-4-3-5-7-12-28-48(46)29-13-24-37(39,40)38(41,42)43;1-2-6-3(4)5/h8-10,14-23,44-45H,2-7,11-13,24-29H2,1H3;2H2,1H3,(H2,4,5)/b36-35-;. The van der Waals surface area contributed by atoms with Gasteiger partial charge in [-0.2, -0.15) is 22.0 Å². The van der Waals surface area contributed by atoms with Crippen LogP contribution in [0.1, 0.15) is 94.7 Å². The predicted octanol–water partition coefficient (Wildman–Crippen LogP) is 10.3. The van der Waals surface area contributed by atoms with Crippen LogP contribution < -0.4 is 15.8 Å². The van der Waals surface area contributed by atoms with Gasteiger partial charge in [0, 0.05) is 13.0 Å². The van der Waals surface area contributed by atoms with Crippen molar-refractivity contribution in [2.75, 3.05) is 37.8 Å². The fraction of sp³-hybridized carbons (Fsp3) is 0.488. The Kier molecular flexibility index (Phi) is 21.7. The number of carbonyl (C=O) groups is 1. The number of nitrogens with two attached hydrogens (primary N) is 1. The van der Waals surface area contributed by atoms with E-state index in [0.717, 1.165) is 80.5 Å². The summed E-state index contributed by atoms with van der Waals surface area (Å²) in [5, 5.41) is 13.3. The molecule has 1 atom stereocenters. The zero-order valence-electron chi connectivity index (χ0n) is 31.3. The highest BCUT2D eigenvalue weighted by Crippen LogP contribution is 2.39. The molecule has 0 aliphatic carbocycles. The van der Waals surface area contributed by atoms with Crippen LogP contribution in [0.5, 0.6) is 11.5 Å². The summed E-state index contributed by atoms with van der Waals surface area (Å²) in [4.78, 5) is 9.60. The largest absolute Gasteiger partial charge is 0.616 e. The Morgan fingerprint density at radius 2 is 1.31 bits per heavy atom. The number of amides is 1. The van der Waals surface area contributed by atoms with Gasteiger partial charge in [0.1, 0.15) is 29.6 Å². The fourth-order valence-corrected chi connectivity index (χ4v) is 6.83. The van der Waals surface area contributed by atoms with Gasteiger partial charge >= 0.3 is 18.2 Å². The molecular weight excluding hydrogens is 728 g/mol. The van der Waals surface area contributed by atoms with E-state index in [9.17, 15) is 36.4 Å². The average Bonchev–Trinajstić information content (AvgIpc) is 3.13. The first-order chi connectivity index (χ1) is 25.8. The second kappa shape index (κ2) is 25.3. The van der Waals surface area contributed by atoms with Crippen LogP contribution in [0, 0.1) is 0 Å². The van der Waals surface area contributed by atoms with Crippen LogP contribution in [0.25, 0.3) is 11.1 Å². The molecule has 0 heterocycles. The number of nitrogens with one attached hydrogen (secondary N) is 1. The number of phenolic OH excluding ortho intramolecular Hbond substituents is 1. The molecule has 4 N–H and O–H groups in total. The highest BCUT2D eigenvalue weighted by atomic mass is 32.2. The van der Waals surface area contributed by atoms with Crippen molar-refractivity contribution in [2.45, 2.75) is 90.2 Å². The lowest BCUT2D eigenvalue weighted by molar-refractivity contribution is -0.284. The van der Waals surface area contributed by atoms with E-state index < -0.39 is 42.2 Å². The van der Waals surface area contributed by atoms with E-state index in [-0.39, 0.29) is 11.5 Å². The Bertz CT molecular complexity index is 1490. The number of rotatable bonds is 23. The molecule has 0 spiro atoms. The maximum Gasteiger partial charge on any atom is 0.453 e. The minimum absolute atomic E-state index is 0.120. The van der Waals surface area contributed by atoms with Crippen molar-refractivity contribution in [2.24, 2.45) is 5.73 Å². The van der Waals surface area contributed by atoms with Crippen molar-refractivity contribution in [1.29, 1.82) is 0 Å². The first-order valence-electron chi connectivity index (χ1n) is 18.5. The minimum atomic E-state index is -5.55. The molecule has 7 nitrogen and oxygen atoms in total. The summed E-state index contributed by atoms with van der Waals surface area (Å²) in [5.41, 5.74) is 10.2. The van der Waals surface area contributed by atoms with E-state index in [1.165, 1.54) is 11.1 Å². The van der Waals surface area contributed by atoms with Gasteiger partial charge in [0.25, 0.3) is 0 Å². The van der Waals surface area contributed by atoms with E-state index >= 15 is 0 Å². The second-order valence-electron chi connectivity index (χ2n) is 12.6. The number of phenols is 1. The maximum atomic E-state index is 12.9. The lowest BCUT2D eigenvalue weighted by Gasteiger charge is -2.19. The first-order valence-corrected chi connectivity index (χ1v) is 20.0. The predicted molar refractivity (Wildman–Crippen MR) is 207 cm³/mol. The summed E-state index contributed by atoms with van der Waals surface area (Å²) in [6.45, 7) is 6.39. The molecule has 0 fully saturated rings. The van der Waals surface area contributed by atoms with Crippen LogP contribution in [0.2, 0.25) is 0 Å². The van der Waals surface area contributed by atoms with E-state index in [4.69, 9.17) is 4.74 Å². The van der Waals surface area contributed by atoms with Gasteiger partial charge < -0.3 is 30.2 Å². The van der Waals surface area contributed by atoms with Gasteiger partial charge in [-0.3, -0.25) is 0 Å².